The van der Waals surface area contributed by atoms with Crippen LogP contribution in [0.3, 0.4) is 0 Å². The third kappa shape index (κ3) is 3.88. The molecule has 0 spiro atoms. The first-order valence-corrected chi connectivity index (χ1v) is 9.89. The van der Waals surface area contributed by atoms with Crippen LogP contribution >= 0.6 is 0 Å². The van der Waals surface area contributed by atoms with E-state index in [0.29, 0.717) is 6.42 Å². The van der Waals surface area contributed by atoms with Gasteiger partial charge >= 0.3 is 12.1 Å². The molecule has 1 unspecified atom stereocenters. The normalized spacial score (nSPS) is 27.9. The number of ether oxygens (including phenoxy) is 2. The molecule has 156 valence electrons. The molecule has 0 aromatic carbocycles. The summed E-state index contributed by atoms with van der Waals surface area (Å²) in [6.45, 7) is 6.51. The number of carbonyl (C=O) groups is 3. The third-order valence-corrected chi connectivity index (χ3v) is 5.68. The van der Waals surface area contributed by atoms with Crippen LogP contribution in [0.2, 0.25) is 0 Å². The van der Waals surface area contributed by atoms with Gasteiger partial charge in [0.25, 0.3) is 0 Å². The summed E-state index contributed by atoms with van der Waals surface area (Å²) in [4.78, 5) is 40.8. The van der Waals surface area contributed by atoms with Gasteiger partial charge in [-0.2, -0.15) is 0 Å². The molecular formula is C21H32N2O5. The third-order valence-electron chi connectivity index (χ3n) is 5.68. The summed E-state index contributed by atoms with van der Waals surface area (Å²) in [6.07, 6.45) is 3.54. The molecule has 1 aliphatic heterocycles. The Kier molecular flexibility index (Phi) is 6.76. The van der Waals surface area contributed by atoms with Gasteiger partial charge in [0.05, 0.1) is 19.7 Å². The smallest absolute Gasteiger partial charge is 0.412 e. The van der Waals surface area contributed by atoms with Crippen LogP contribution in [0.15, 0.2) is 0 Å². The molecule has 7 nitrogen and oxygen atoms in total. The van der Waals surface area contributed by atoms with Crippen LogP contribution in [0, 0.1) is 23.7 Å². The van der Waals surface area contributed by atoms with Crippen LogP contribution in [0.4, 0.5) is 4.79 Å². The van der Waals surface area contributed by atoms with Gasteiger partial charge in [-0.25, -0.2) is 9.59 Å². The number of amides is 1. The summed E-state index contributed by atoms with van der Waals surface area (Å²) in [5.74, 6) is 4.28. The summed E-state index contributed by atoms with van der Waals surface area (Å²) in [7, 11) is 1.23. The largest absolute Gasteiger partial charge is 0.467 e. The van der Waals surface area contributed by atoms with Crippen molar-refractivity contribution >= 4 is 17.8 Å². The predicted octanol–water partition coefficient (Wildman–Crippen LogP) is 2.27. The average molecular weight is 392 g/mol. The van der Waals surface area contributed by atoms with Crippen LogP contribution in [-0.4, -0.2) is 53.6 Å². The van der Waals surface area contributed by atoms with E-state index in [-0.39, 0.29) is 12.5 Å². The average Bonchev–Trinajstić information content (AvgIpc) is 3.25. The quantitative estimate of drug-likeness (QED) is 0.448. The van der Waals surface area contributed by atoms with Crippen LogP contribution in [0.1, 0.15) is 59.8 Å². The van der Waals surface area contributed by atoms with E-state index in [4.69, 9.17) is 15.2 Å². The number of hydrogen-bond acceptors (Lipinski definition) is 6. The Morgan fingerprint density at radius 2 is 1.82 bits per heavy atom. The van der Waals surface area contributed by atoms with Crippen LogP contribution in [-0.2, 0) is 19.1 Å². The highest BCUT2D eigenvalue weighted by molar-refractivity contribution is 6.12. The Morgan fingerprint density at radius 3 is 2.29 bits per heavy atom. The van der Waals surface area contributed by atoms with Crippen molar-refractivity contribution in [3.8, 4) is 11.8 Å². The highest BCUT2D eigenvalue weighted by Gasteiger charge is 2.67. The molecule has 1 heterocycles. The number of carbonyl (C=O) groups excluding carboxylic acids is 3. The molecule has 1 saturated carbocycles. The van der Waals surface area contributed by atoms with Crippen molar-refractivity contribution in [2.24, 2.45) is 17.6 Å². The first kappa shape index (κ1) is 22.2. The first-order valence-electron chi connectivity index (χ1n) is 9.89. The molecule has 1 saturated heterocycles. The SMILES string of the molecule is CC#C[C@H]1CC(C2CCCC2)[C@@](C(=O)CN)(C(=O)OC)N1C(=O)OC(C)(C)C. The molecule has 0 radical (unpaired) electrons. The zero-order valence-electron chi connectivity index (χ0n) is 17.5. The fourth-order valence-corrected chi connectivity index (χ4v) is 4.72. The van der Waals surface area contributed by atoms with Crippen LogP contribution < -0.4 is 5.73 Å². The molecule has 2 N–H and O–H groups in total. The molecule has 2 aliphatic rings. The second-order valence-electron chi connectivity index (χ2n) is 8.53. The summed E-state index contributed by atoms with van der Waals surface area (Å²) < 4.78 is 10.6. The topological polar surface area (TPSA) is 98.9 Å². The Balaban J connectivity index is 2.67. The number of ketones is 1. The maximum Gasteiger partial charge on any atom is 0.412 e. The predicted molar refractivity (Wildman–Crippen MR) is 104 cm³/mol. The van der Waals surface area contributed by atoms with Gasteiger partial charge < -0.3 is 15.2 Å². The lowest BCUT2D eigenvalue weighted by molar-refractivity contribution is -0.162. The summed E-state index contributed by atoms with van der Waals surface area (Å²) in [6, 6.07) is -0.611. The molecule has 28 heavy (non-hydrogen) atoms. The molecule has 1 amide bonds. The molecule has 0 aromatic heterocycles. The lowest BCUT2D eigenvalue weighted by atomic mass is 9.72. The van der Waals surface area contributed by atoms with Crippen molar-refractivity contribution in [1.82, 2.24) is 4.90 Å². The second-order valence-corrected chi connectivity index (χ2v) is 8.53. The van der Waals surface area contributed by atoms with Gasteiger partial charge in [0, 0.05) is 5.92 Å². The fraction of sp³-hybridized carbons (Fsp3) is 0.762. The maximum absolute atomic E-state index is 13.2. The summed E-state index contributed by atoms with van der Waals surface area (Å²) in [5.41, 5.74) is 3.14. The number of methoxy groups -OCH3 is 1. The van der Waals surface area contributed by atoms with E-state index in [9.17, 15) is 14.4 Å². The molecule has 2 rings (SSSR count). The molecular weight excluding hydrogens is 360 g/mol. The zero-order valence-corrected chi connectivity index (χ0v) is 17.5. The number of nitrogens with two attached hydrogens (primary N) is 1. The van der Waals surface area contributed by atoms with E-state index < -0.39 is 40.9 Å². The van der Waals surface area contributed by atoms with Gasteiger partial charge in [-0.1, -0.05) is 31.6 Å². The number of Topliss-reactive ketones (excluding diaryl/α,β-unsaturated/α-hetero) is 1. The Bertz CT molecular complexity index is 663. The highest BCUT2D eigenvalue weighted by atomic mass is 16.6. The van der Waals surface area contributed by atoms with Gasteiger partial charge in [0.1, 0.15) is 5.60 Å². The number of nitrogens with zero attached hydrogens (tertiary/aromatic N) is 1. The molecule has 3 atom stereocenters. The van der Waals surface area contributed by atoms with Crippen LogP contribution in [0.25, 0.3) is 0 Å². The van der Waals surface area contributed by atoms with Gasteiger partial charge in [-0.15, -0.1) is 5.92 Å². The minimum atomic E-state index is -1.80. The number of hydrogen-bond donors (Lipinski definition) is 1. The summed E-state index contributed by atoms with van der Waals surface area (Å²) in [5, 5.41) is 0. The van der Waals surface area contributed by atoms with Crippen molar-refractivity contribution in [3.63, 3.8) is 0 Å². The zero-order chi connectivity index (χ0) is 21.1. The number of likely N-dealkylation sites (tertiary alicyclic amines) is 1. The monoisotopic (exact) mass is 392 g/mol. The van der Waals surface area contributed by atoms with Crippen molar-refractivity contribution in [3.05, 3.63) is 0 Å². The Labute approximate surface area is 167 Å². The lowest BCUT2D eigenvalue weighted by Crippen LogP contribution is -2.66. The maximum atomic E-state index is 13.2. The highest BCUT2D eigenvalue weighted by Crippen LogP contribution is 2.49. The van der Waals surface area contributed by atoms with Crippen molar-refractivity contribution in [2.45, 2.75) is 77.0 Å². The van der Waals surface area contributed by atoms with Gasteiger partial charge in [0.15, 0.2) is 5.78 Å². The van der Waals surface area contributed by atoms with Gasteiger partial charge in [0.2, 0.25) is 5.54 Å². The lowest BCUT2D eigenvalue weighted by Gasteiger charge is -2.41. The molecule has 7 heteroatoms. The van der Waals surface area contributed by atoms with Crippen molar-refractivity contribution < 1.29 is 23.9 Å². The Hall–Kier alpha value is -2.07. The first-order chi connectivity index (χ1) is 13.1. The van der Waals surface area contributed by atoms with Crippen molar-refractivity contribution in [2.75, 3.05) is 13.7 Å². The van der Waals surface area contributed by atoms with E-state index >= 15 is 0 Å². The molecule has 2 fully saturated rings. The van der Waals surface area contributed by atoms with Gasteiger partial charge in [-0.05, 0) is 40.0 Å². The molecule has 1 aliphatic carbocycles. The Morgan fingerprint density at radius 1 is 1.21 bits per heavy atom. The van der Waals surface area contributed by atoms with E-state index in [2.05, 4.69) is 11.8 Å². The van der Waals surface area contributed by atoms with E-state index in [0.717, 1.165) is 25.7 Å². The number of rotatable bonds is 4. The van der Waals surface area contributed by atoms with Crippen molar-refractivity contribution in [1.29, 1.82) is 0 Å². The standard InChI is InChI=1S/C21H32N2O5/c1-6-9-15-12-16(14-10-7-8-11-14)21(17(24)13-22,18(25)27-5)23(15)19(26)28-20(2,3)4/h14-16H,7-8,10-13,22H2,1-5H3/t15-,16?,21+/m0/s1. The fourth-order valence-electron chi connectivity index (χ4n) is 4.72. The minimum Gasteiger partial charge on any atom is -0.467 e. The second kappa shape index (κ2) is 8.52. The molecule has 0 bridgehead atoms. The minimum absolute atomic E-state index is 0.128. The van der Waals surface area contributed by atoms with E-state index in [1.807, 2.05) is 0 Å². The van der Waals surface area contributed by atoms with E-state index in [1.165, 1.54) is 12.0 Å². The van der Waals surface area contributed by atoms with E-state index in [1.54, 1.807) is 27.7 Å². The van der Waals surface area contributed by atoms with Crippen LogP contribution in [0.5, 0.6) is 0 Å². The number of esters is 1. The molecule has 0 aromatic rings. The summed E-state index contributed by atoms with van der Waals surface area (Å²) >= 11 is 0. The van der Waals surface area contributed by atoms with Gasteiger partial charge in [-0.3, -0.25) is 9.69 Å².